The molecule has 0 aromatic carbocycles. The van der Waals surface area contributed by atoms with E-state index in [1.165, 1.54) is 6.26 Å². The van der Waals surface area contributed by atoms with Crippen LogP contribution in [0.5, 0.6) is 0 Å². The van der Waals surface area contributed by atoms with Gasteiger partial charge >= 0.3 is 0 Å². The molecule has 0 spiro atoms. The highest BCUT2D eigenvalue weighted by atomic mass is 32.2. The van der Waals surface area contributed by atoms with Crippen LogP contribution in [-0.2, 0) is 9.84 Å². The van der Waals surface area contributed by atoms with E-state index < -0.39 is 9.84 Å². The maximum absolute atomic E-state index is 11.0. The van der Waals surface area contributed by atoms with Crippen LogP contribution in [-0.4, -0.2) is 27.0 Å². The number of sulfone groups is 1. The Labute approximate surface area is 97.0 Å². The minimum Gasteiger partial charge on any atom is -0.472 e. The topological polar surface area (TPSA) is 59.3 Å². The molecule has 0 fully saturated rings. The second kappa shape index (κ2) is 6.06. The van der Waals surface area contributed by atoms with Gasteiger partial charge in [0.15, 0.2) is 0 Å². The highest BCUT2D eigenvalue weighted by Gasteiger charge is 2.12. The maximum atomic E-state index is 11.0. The Hall–Kier alpha value is -0.810. The fourth-order valence-corrected chi connectivity index (χ4v) is 2.35. The Morgan fingerprint density at radius 3 is 2.75 bits per heavy atom. The molecule has 0 aliphatic heterocycles. The Balaban J connectivity index is 2.47. The molecule has 1 heterocycles. The van der Waals surface area contributed by atoms with Crippen molar-refractivity contribution in [2.45, 2.75) is 25.8 Å². The smallest absolute Gasteiger partial charge is 0.147 e. The first-order valence-electron chi connectivity index (χ1n) is 5.46. The molecule has 4 nitrogen and oxygen atoms in total. The molecule has 1 N–H and O–H groups in total. The van der Waals surface area contributed by atoms with Crippen molar-refractivity contribution in [3.63, 3.8) is 0 Å². The molecule has 5 heteroatoms. The summed E-state index contributed by atoms with van der Waals surface area (Å²) in [5, 5.41) is 3.32. The van der Waals surface area contributed by atoms with E-state index in [1.54, 1.807) is 12.5 Å². The molecule has 1 unspecified atom stereocenters. The van der Waals surface area contributed by atoms with Gasteiger partial charge in [-0.25, -0.2) is 8.42 Å². The van der Waals surface area contributed by atoms with Crippen molar-refractivity contribution in [3.05, 3.63) is 24.2 Å². The number of hydrogen-bond donors (Lipinski definition) is 1. The van der Waals surface area contributed by atoms with Crippen molar-refractivity contribution in [1.82, 2.24) is 5.32 Å². The Kier molecular flexibility index (Phi) is 5.02. The monoisotopic (exact) mass is 245 g/mol. The minimum atomic E-state index is -2.85. The molecule has 16 heavy (non-hydrogen) atoms. The fourth-order valence-electron chi connectivity index (χ4n) is 1.66. The summed E-state index contributed by atoms with van der Waals surface area (Å²) >= 11 is 0. The first kappa shape index (κ1) is 13.3. The molecule has 0 amide bonds. The lowest BCUT2D eigenvalue weighted by Gasteiger charge is -2.15. The number of nitrogens with one attached hydrogen (secondary N) is 1. The summed E-state index contributed by atoms with van der Waals surface area (Å²) in [4.78, 5) is 0. The van der Waals surface area contributed by atoms with Crippen LogP contribution in [0.3, 0.4) is 0 Å². The first-order chi connectivity index (χ1) is 7.53. The van der Waals surface area contributed by atoms with Crippen LogP contribution in [0, 0.1) is 0 Å². The van der Waals surface area contributed by atoms with Gasteiger partial charge in [-0.15, -0.1) is 0 Å². The van der Waals surface area contributed by atoms with Crippen molar-refractivity contribution in [3.8, 4) is 0 Å². The van der Waals surface area contributed by atoms with Gasteiger partial charge in [-0.3, -0.25) is 0 Å². The summed E-state index contributed by atoms with van der Waals surface area (Å²) in [5.41, 5.74) is 1.08. The van der Waals surface area contributed by atoms with Gasteiger partial charge in [0.2, 0.25) is 0 Å². The van der Waals surface area contributed by atoms with E-state index in [1.807, 2.05) is 13.0 Å². The van der Waals surface area contributed by atoms with E-state index in [0.29, 0.717) is 6.42 Å². The molecule has 0 saturated carbocycles. The van der Waals surface area contributed by atoms with Gasteiger partial charge in [0.1, 0.15) is 9.84 Å². The molecule has 1 aromatic heterocycles. The first-order valence-corrected chi connectivity index (χ1v) is 7.52. The van der Waals surface area contributed by atoms with E-state index in [2.05, 4.69) is 5.32 Å². The van der Waals surface area contributed by atoms with Crippen LogP contribution < -0.4 is 5.32 Å². The highest BCUT2D eigenvalue weighted by molar-refractivity contribution is 7.90. The van der Waals surface area contributed by atoms with Gasteiger partial charge in [0, 0.05) is 23.6 Å². The molecule has 92 valence electrons. The quantitative estimate of drug-likeness (QED) is 0.795. The van der Waals surface area contributed by atoms with E-state index in [4.69, 9.17) is 4.42 Å². The molecule has 1 aromatic rings. The standard InChI is InChI=1S/C11H19NO3S/c1-3-12-11(10-6-7-15-9-10)5-4-8-16(2,13)14/h6-7,9,11-12H,3-5,8H2,1-2H3. The Morgan fingerprint density at radius 2 is 2.25 bits per heavy atom. The van der Waals surface area contributed by atoms with E-state index >= 15 is 0 Å². The molecule has 0 aliphatic carbocycles. The van der Waals surface area contributed by atoms with Crippen LogP contribution in [0.15, 0.2) is 23.0 Å². The summed E-state index contributed by atoms with van der Waals surface area (Å²) in [5.74, 6) is 0.243. The third-order valence-corrected chi connectivity index (χ3v) is 3.43. The van der Waals surface area contributed by atoms with E-state index in [9.17, 15) is 8.42 Å². The number of hydrogen-bond acceptors (Lipinski definition) is 4. The van der Waals surface area contributed by atoms with Gasteiger partial charge in [0.05, 0.1) is 12.5 Å². The van der Waals surface area contributed by atoms with Crippen molar-refractivity contribution in [2.75, 3.05) is 18.6 Å². The zero-order chi connectivity index (χ0) is 12.0. The Bertz CT molecular complexity index is 383. The van der Waals surface area contributed by atoms with Crippen molar-refractivity contribution in [2.24, 2.45) is 0 Å². The van der Waals surface area contributed by atoms with Gasteiger partial charge in [0.25, 0.3) is 0 Å². The molecule has 0 bridgehead atoms. The second-order valence-corrected chi connectivity index (χ2v) is 6.20. The molecular weight excluding hydrogens is 226 g/mol. The van der Waals surface area contributed by atoms with Crippen LogP contribution in [0.2, 0.25) is 0 Å². The summed E-state index contributed by atoms with van der Waals surface area (Å²) in [6, 6.07) is 2.10. The predicted molar refractivity (Wildman–Crippen MR) is 64.1 cm³/mol. The molecular formula is C11H19NO3S. The van der Waals surface area contributed by atoms with Gasteiger partial charge < -0.3 is 9.73 Å². The third-order valence-electron chi connectivity index (χ3n) is 2.40. The summed E-state index contributed by atoms with van der Waals surface area (Å²) in [7, 11) is -2.85. The molecule has 0 aliphatic rings. The van der Waals surface area contributed by atoms with Crippen LogP contribution in [0.25, 0.3) is 0 Å². The fraction of sp³-hybridized carbons (Fsp3) is 0.636. The van der Waals surface area contributed by atoms with Gasteiger partial charge in [-0.05, 0) is 25.5 Å². The largest absolute Gasteiger partial charge is 0.472 e. The van der Waals surface area contributed by atoms with E-state index in [-0.39, 0.29) is 11.8 Å². The van der Waals surface area contributed by atoms with Gasteiger partial charge in [-0.1, -0.05) is 6.92 Å². The van der Waals surface area contributed by atoms with Crippen LogP contribution >= 0.6 is 0 Å². The van der Waals surface area contributed by atoms with Crippen molar-refractivity contribution < 1.29 is 12.8 Å². The number of rotatable bonds is 7. The van der Waals surface area contributed by atoms with Crippen molar-refractivity contribution >= 4 is 9.84 Å². The highest BCUT2D eigenvalue weighted by Crippen LogP contribution is 2.19. The minimum absolute atomic E-state index is 0.186. The lowest BCUT2D eigenvalue weighted by Crippen LogP contribution is -2.21. The predicted octanol–water partition coefficient (Wildman–Crippen LogP) is 1.76. The molecule has 0 saturated heterocycles. The number of furan rings is 1. The van der Waals surface area contributed by atoms with Crippen LogP contribution in [0.1, 0.15) is 31.4 Å². The SMILES string of the molecule is CCNC(CCCS(C)(=O)=O)c1ccoc1. The lowest BCUT2D eigenvalue weighted by molar-refractivity contribution is 0.495. The Morgan fingerprint density at radius 1 is 1.50 bits per heavy atom. The zero-order valence-electron chi connectivity index (χ0n) is 9.77. The second-order valence-electron chi connectivity index (χ2n) is 3.94. The third kappa shape index (κ3) is 4.81. The average molecular weight is 245 g/mol. The molecule has 1 rings (SSSR count). The average Bonchev–Trinajstić information content (AvgIpc) is 2.67. The molecule has 0 radical (unpaired) electrons. The lowest BCUT2D eigenvalue weighted by atomic mass is 10.1. The molecule has 1 atom stereocenters. The zero-order valence-corrected chi connectivity index (χ0v) is 10.6. The summed E-state index contributed by atoms with van der Waals surface area (Å²) in [6.45, 7) is 2.89. The van der Waals surface area contributed by atoms with Gasteiger partial charge in [-0.2, -0.15) is 0 Å². The van der Waals surface area contributed by atoms with E-state index in [0.717, 1.165) is 18.5 Å². The summed E-state index contributed by atoms with van der Waals surface area (Å²) in [6.07, 6.45) is 6.08. The normalized spacial score (nSPS) is 13.9. The summed E-state index contributed by atoms with van der Waals surface area (Å²) < 4.78 is 27.1. The van der Waals surface area contributed by atoms with Crippen molar-refractivity contribution in [1.29, 1.82) is 0 Å². The maximum Gasteiger partial charge on any atom is 0.147 e. The van der Waals surface area contributed by atoms with Crippen LogP contribution in [0.4, 0.5) is 0 Å².